The Kier molecular flexibility index (Phi) is 6.81. The fourth-order valence-electron chi connectivity index (χ4n) is 2.10. The molecule has 128 valence electrons. The maximum Gasteiger partial charge on any atom is 0.287 e. The van der Waals surface area contributed by atoms with Gasteiger partial charge in [-0.25, -0.2) is 0 Å². The molecule has 0 saturated heterocycles. The highest BCUT2D eigenvalue weighted by atomic mass is 16.4. The Balaban J connectivity index is 2.77. The second-order valence-corrected chi connectivity index (χ2v) is 6.18. The van der Waals surface area contributed by atoms with E-state index in [0.717, 1.165) is 0 Å². The number of aliphatic carboxylic acids is 1. The summed E-state index contributed by atoms with van der Waals surface area (Å²) in [7, 11) is 0. The monoisotopic (exact) mass is 323 g/mol. The SMILES string of the molecule is CC(C)C[C@H](NC(=O)[C@H](NC(=O)c1ccco1)C(C)C)C(=O)[O-]. The fraction of sp³-hybridized carbons (Fsp3) is 0.562. The highest BCUT2D eigenvalue weighted by Gasteiger charge is 2.27. The number of carboxylic acid groups (broad SMARTS) is 1. The molecule has 0 aliphatic carbocycles. The van der Waals surface area contributed by atoms with Crippen LogP contribution in [0.25, 0.3) is 0 Å². The van der Waals surface area contributed by atoms with Crippen LogP contribution in [0, 0.1) is 11.8 Å². The predicted molar refractivity (Wildman–Crippen MR) is 81.2 cm³/mol. The summed E-state index contributed by atoms with van der Waals surface area (Å²) in [6.07, 6.45) is 1.61. The van der Waals surface area contributed by atoms with E-state index in [9.17, 15) is 19.5 Å². The summed E-state index contributed by atoms with van der Waals surface area (Å²) >= 11 is 0. The standard InChI is InChI=1S/C16H24N2O5/c1-9(2)8-11(16(21)22)17-15(20)13(10(3)4)18-14(19)12-6-5-7-23-12/h5-7,9-11,13H,8H2,1-4H3,(H,17,20)(H,18,19)(H,21,22)/p-1/t11-,13+/m0/s1. The average Bonchev–Trinajstić information content (AvgIpc) is 2.96. The molecule has 1 rings (SSSR count). The Hall–Kier alpha value is -2.31. The van der Waals surface area contributed by atoms with E-state index in [1.165, 1.54) is 12.3 Å². The zero-order valence-electron chi connectivity index (χ0n) is 13.8. The minimum absolute atomic E-state index is 0.0772. The minimum Gasteiger partial charge on any atom is -0.548 e. The molecule has 0 saturated carbocycles. The lowest BCUT2D eigenvalue weighted by Gasteiger charge is -2.26. The first kappa shape index (κ1) is 18.7. The summed E-state index contributed by atoms with van der Waals surface area (Å²) in [5.41, 5.74) is 0. The van der Waals surface area contributed by atoms with Crippen LogP contribution < -0.4 is 15.7 Å². The zero-order chi connectivity index (χ0) is 17.6. The molecule has 7 nitrogen and oxygen atoms in total. The van der Waals surface area contributed by atoms with Crippen molar-refractivity contribution in [3.8, 4) is 0 Å². The molecular formula is C16H23N2O5-. The third kappa shape index (κ3) is 5.77. The van der Waals surface area contributed by atoms with Gasteiger partial charge in [0, 0.05) is 0 Å². The largest absolute Gasteiger partial charge is 0.548 e. The van der Waals surface area contributed by atoms with E-state index < -0.39 is 29.9 Å². The van der Waals surface area contributed by atoms with Crippen LogP contribution >= 0.6 is 0 Å². The molecule has 1 heterocycles. The number of amides is 2. The van der Waals surface area contributed by atoms with Crippen molar-refractivity contribution in [2.45, 2.75) is 46.2 Å². The maximum absolute atomic E-state index is 12.3. The lowest BCUT2D eigenvalue weighted by molar-refractivity contribution is -0.308. The summed E-state index contributed by atoms with van der Waals surface area (Å²) in [5.74, 6) is -2.50. The molecule has 7 heteroatoms. The Morgan fingerprint density at radius 2 is 1.83 bits per heavy atom. The lowest BCUT2D eigenvalue weighted by atomic mass is 10.0. The first-order valence-corrected chi connectivity index (χ1v) is 7.58. The van der Waals surface area contributed by atoms with Crippen molar-refractivity contribution in [2.24, 2.45) is 11.8 Å². The molecule has 0 spiro atoms. The van der Waals surface area contributed by atoms with Crippen LogP contribution in [0.4, 0.5) is 0 Å². The van der Waals surface area contributed by atoms with Crippen molar-refractivity contribution >= 4 is 17.8 Å². The summed E-state index contributed by atoms with van der Waals surface area (Å²) in [4.78, 5) is 35.5. The summed E-state index contributed by atoms with van der Waals surface area (Å²) in [6.45, 7) is 7.20. The molecule has 0 aliphatic heterocycles. The average molecular weight is 323 g/mol. The minimum atomic E-state index is -1.34. The number of hydrogen-bond acceptors (Lipinski definition) is 5. The van der Waals surface area contributed by atoms with Gasteiger partial charge in [0.2, 0.25) is 5.91 Å². The van der Waals surface area contributed by atoms with Gasteiger partial charge in [-0.2, -0.15) is 0 Å². The van der Waals surface area contributed by atoms with E-state index in [1.807, 2.05) is 13.8 Å². The molecule has 1 aromatic heterocycles. The van der Waals surface area contributed by atoms with Gasteiger partial charge < -0.3 is 25.0 Å². The molecule has 0 fully saturated rings. The van der Waals surface area contributed by atoms with Gasteiger partial charge in [0.1, 0.15) is 6.04 Å². The van der Waals surface area contributed by atoms with Gasteiger partial charge in [0.15, 0.2) is 5.76 Å². The van der Waals surface area contributed by atoms with Crippen LogP contribution in [0.5, 0.6) is 0 Å². The van der Waals surface area contributed by atoms with E-state index in [0.29, 0.717) is 0 Å². The highest BCUT2D eigenvalue weighted by molar-refractivity contribution is 5.96. The third-order valence-electron chi connectivity index (χ3n) is 3.29. The van der Waals surface area contributed by atoms with Crippen molar-refractivity contribution in [3.63, 3.8) is 0 Å². The number of carbonyl (C=O) groups is 3. The Labute approximate surface area is 135 Å². The molecule has 0 aromatic carbocycles. The summed E-state index contributed by atoms with van der Waals surface area (Å²) in [6, 6.07) is 1.08. The topological polar surface area (TPSA) is 111 Å². The van der Waals surface area contributed by atoms with Crippen LogP contribution in [-0.2, 0) is 9.59 Å². The molecule has 1 aromatic rings. The predicted octanol–water partition coefficient (Wildman–Crippen LogP) is 0.315. The van der Waals surface area contributed by atoms with Crippen molar-refractivity contribution in [3.05, 3.63) is 24.2 Å². The molecular weight excluding hydrogens is 300 g/mol. The second-order valence-electron chi connectivity index (χ2n) is 6.18. The molecule has 23 heavy (non-hydrogen) atoms. The number of furan rings is 1. The lowest BCUT2D eigenvalue weighted by Crippen LogP contribution is -2.56. The van der Waals surface area contributed by atoms with Gasteiger partial charge in [-0.15, -0.1) is 0 Å². The Bertz CT molecular complexity index is 537. The van der Waals surface area contributed by atoms with Crippen LogP contribution in [0.2, 0.25) is 0 Å². The fourth-order valence-corrected chi connectivity index (χ4v) is 2.10. The smallest absolute Gasteiger partial charge is 0.287 e. The maximum atomic E-state index is 12.3. The van der Waals surface area contributed by atoms with Gasteiger partial charge in [0.25, 0.3) is 5.91 Å². The number of nitrogens with one attached hydrogen (secondary N) is 2. The second kappa shape index (κ2) is 8.36. The molecule has 2 atom stereocenters. The first-order chi connectivity index (χ1) is 10.7. The quantitative estimate of drug-likeness (QED) is 0.715. The van der Waals surface area contributed by atoms with E-state index in [-0.39, 0.29) is 24.0 Å². The van der Waals surface area contributed by atoms with Gasteiger partial charge in [-0.05, 0) is 30.4 Å². The van der Waals surface area contributed by atoms with E-state index in [4.69, 9.17) is 4.42 Å². The van der Waals surface area contributed by atoms with Gasteiger partial charge >= 0.3 is 0 Å². The van der Waals surface area contributed by atoms with Crippen LogP contribution in [-0.4, -0.2) is 29.9 Å². The van der Waals surface area contributed by atoms with Crippen molar-refractivity contribution in [2.75, 3.05) is 0 Å². The summed E-state index contributed by atoms with van der Waals surface area (Å²) in [5, 5.41) is 16.1. The number of rotatable bonds is 8. The van der Waals surface area contributed by atoms with Gasteiger partial charge in [-0.3, -0.25) is 9.59 Å². The number of carboxylic acids is 1. The molecule has 0 bridgehead atoms. The number of carbonyl (C=O) groups excluding carboxylic acids is 3. The van der Waals surface area contributed by atoms with Gasteiger partial charge in [-0.1, -0.05) is 27.7 Å². The van der Waals surface area contributed by atoms with Crippen LogP contribution in [0.1, 0.15) is 44.7 Å². The van der Waals surface area contributed by atoms with E-state index in [2.05, 4.69) is 10.6 Å². The Morgan fingerprint density at radius 1 is 1.17 bits per heavy atom. The highest BCUT2D eigenvalue weighted by Crippen LogP contribution is 2.08. The van der Waals surface area contributed by atoms with Gasteiger partial charge in [0.05, 0.1) is 18.3 Å². The molecule has 2 N–H and O–H groups in total. The zero-order valence-corrected chi connectivity index (χ0v) is 13.8. The molecule has 0 radical (unpaired) electrons. The van der Waals surface area contributed by atoms with Crippen molar-refractivity contribution in [1.82, 2.24) is 10.6 Å². The van der Waals surface area contributed by atoms with Crippen molar-refractivity contribution < 1.29 is 23.9 Å². The molecule has 2 amide bonds. The first-order valence-electron chi connectivity index (χ1n) is 7.58. The normalized spacial score (nSPS) is 13.7. The molecule has 0 unspecified atom stereocenters. The van der Waals surface area contributed by atoms with Crippen LogP contribution in [0.15, 0.2) is 22.8 Å². The van der Waals surface area contributed by atoms with E-state index >= 15 is 0 Å². The van der Waals surface area contributed by atoms with E-state index in [1.54, 1.807) is 19.9 Å². The number of hydrogen-bond donors (Lipinski definition) is 2. The third-order valence-corrected chi connectivity index (χ3v) is 3.29. The van der Waals surface area contributed by atoms with Crippen LogP contribution in [0.3, 0.4) is 0 Å². The van der Waals surface area contributed by atoms with Crippen molar-refractivity contribution in [1.29, 1.82) is 0 Å². The summed E-state index contributed by atoms with van der Waals surface area (Å²) < 4.78 is 4.98. The Morgan fingerprint density at radius 3 is 2.26 bits per heavy atom. The molecule has 0 aliphatic rings.